The van der Waals surface area contributed by atoms with Gasteiger partial charge in [0.05, 0.1) is 0 Å². The zero-order valence-electron chi connectivity index (χ0n) is 7.29. The van der Waals surface area contributed by atoms with E-state index in [1.54, 1.807) is 13.0 Å². The largest absolute Gasteiger partial charge is 0.477 e. The number of aromatic amines is 1. The highest BCUT2D eigenvalue weighted by molar-refractivity contribution is 5.94. The van der Waals surface area contributed by atoms with E-state index < -0.39 is 5.97 Å². The van der Waals surface area contributed by atoms with E-state index in [1.165, 1.54) is 0 Å². The first kappa shape index (κ1) is 9.31. The number of rotatable bonds is 4. The van der Waals surface area contributed by atoms with E-state index >= 15 is 0 Å². The molecule has 0 radical (unpaired) electrons. The van der Waals surface area contributed by atoms with Gasteiger partial charge in [0, 0.05) is 12.2 Å². The summed E-state index contributed by atoms with van der Waals surface area (Å²) in [6, 6.07) is 0. The Bertz CT molecular complexity index is 330. The maximum atomic E-state index is 10.7. The number of H-pyrrole nitrogens is 1. The van der Waals surface area contributed by atoms with E-state index in [0.717, 1.165) is 0 Å². The van der Waals surface area contributed by atoms with Gasteiger partial charge in [0.15, 0.2) is 5.82 Å². The van der Waals surface area contributed by atoms with E-state index in [1.807, 2.05) is 0 Å². The number of aromatic nitrogens is 2. The molecule has 0 aromatic carbocycles. The predicted octanol–water partition coefficient (Wildman–Crippen LogP) is 1.01. The molecule has 3 N–H and O–H groups in total. The Balaban J connectivity index is 2.93. The number of aromatic carboxylic acids is 1. The normalized spacial score (nSPS) is 9.62. The lowest BCUT2D eigenvalue weighted by atomic mass is 10.2. The van der Waals surface area contributed by atoms with Crippen molar-refractivity contribution in [3.8, 4) is 0 Å². The first-order valence-electron chi connectivity index (χ1n) is 3.79. The number of nitrogens with zero attached hydrogens (tertiary/aromatic N) is 1. The Morgan fingerprint density at radius 2 is 2.54 bits per heavy atom. The summed E-state index contributed by atoms with van der Waals surface area (Å²) in [5, 5.41) is 18.0. The quantitative estimate of drug-likeness (QED) is 0.606. The van der Waals surface area contributed by atoms with E-state index in [-0.39, 0.29) is 5.56 Å². The van der Waals surface area contributed by atoms with Crippen molar-refractivity contribution in [2.24, 2.45) is 0 Å². The maximum Gasteiger partial charge on any atom is 0.341 e. The minimum atomic E-state index is -0.988. The van der Waals surface area contributed by atoms with Crippen molar-refractivity contribution in [3.05, 3.63) is 23.9 Å². The molecule has 0 saturated heterocycles. The number of carboxylic acid groups (broad SMARTS) is 1. The fourth-order valence-corrected chi connectivity index (χ4v) is 0.988. The van der Waals surface area contributed by atoms with Crippen molar-refractivity contribution >= 4 is 11.8 Å². The topological polar surface area (TPSA) is 78.0 Å². The van der Waals surface area contributed by atoms with Crippen molar-refractivity contribution in [1.29, 1.82) is 0 Å². The Labute approximate surface area is 75.5 Å². The Morgan fingerprint density at radius 3 is 3.08 bits per heavy atom. The number of hydrogen-bond acceptors (Lipinski definition) is 3. The molecule has 0 bridgehead atoms. The van der Waals surface area contributed by atoms with E-state index in [4.69, 9.17) is 5.11 Å². The Kier molecular flexibility index (Phi) is 2.69. The molecular formula is C8H11N3O2. The minimum absolute atomic E-state index is 0.182. The number of carboxylic acids is 1. The van der Waals surface area contributed by atoms with Gasteiger partial charge in [-0.15, -0.1) is 6.58 Å². The van der Waals surface area contributed by atoms with Gasteiger partial charge in [0.2, 0.25) is 0 Å². The molecule has 0 unspecified atom stereocenters. The van der Waals surface area contributed by atoms with Gasteiger partial charge < -0.3 is 10.4 Å². The summed E-state index contributed by atoms with van der Waals surface area (Å²) in [5.74, 6) is -0.636. The number of hydrogen-bond donors (Lipinski definition) is 3. The summed E-state index contributed by atoms with van der Waals surface area (Å²) in [6.07, 6.45) is 1.63. The molecule has 5 heteroatoms. The van der Waals surface area contributed by atoms with Crippen LogP contribution in [0.5, 0.6) is 0 Å². The molecule has 1 rings (SSSR count). The van der Waals surface area contributed by atoms with Crippen LogP contribution in [-0.4, -0.2) is 27.8 Å². The Hall–Kier alpha value is -1.78. The standard InChI is InChI=1S/C8H11N3O2/c1-3-4-9-7-6(8(12)13)5(2)10-11-7/h3H,1,4H2,2H3,(H,12,13)(H2,9,10,11). The van der Waals surface area contributed by atoms with E-state index in [0.29, 0.717) is 18.1 Å². The second-order valence-electron chi connectivity index (χ2n) is 2.55. The molecule has 1 heterocycles. The van der Waals surface area contributed by atoms with Crippen LogP contribution in [0, 0.1) is 6.92 Å². The van der Waals surface area contributed by atoms with Crippen LogP contribution >= 0.6 is 0 Å². The molecule has 0 spiro atoms. The molecule has 70 valence electrons. The average molecular weight is 181 g/mol. The van der Waals surface area contributed by atoms with Crippen molar-refractivity contribution in [2.45, 2.75) is 6.92 Å². The summed E-state index contributed by atoms with van der Waals surface area (Å²) in [6.45, 7) is 5.66. The van der Waals surface area contributed by atoms with Gasteiger partial charge in [-0.05, 0) is 6.92 Å². The molecule has 5 nitrogen and oxygen atoms in total. The summed E-state index contributed by atoms with van der Waals surface area (Å²) < 4.78 is 0. The molecular weight excluding hydrogens is 170 g/mol. The summed E-state index contributed by atoms with van der Waals surface area (Å²) in [4.78, 5) is 10.7. The molecule has 1 aromatic rings. The molecule has 0 fully saturated rings. The van der Waals surface area contributed by atoms with Gasteiger partial charge in [0.1, 0.15) is 5.56 Å². The Morgan fingerprint density at radius 1 is 1.85 bits per heavy atom. The second kappa shape index (κ2) is 3.75. The van der Waals surface area contributed by atoms with Crippen LogP contribution in [0.15, 0.2) is 12.7 Å². The fraction of sp³-hybridized carbons (Fsp3) is 0.250. The van der Waals surface area contributed by atoms with Crippen molar-refractivity contribution in [3.63, 3.8) is 0 Å². The predicted molar refractivity (Wildman–Crippen MR) is 49.0 cm³/mol. The zero-order valence-corrected chi connectivity index (χ0v) is 7.29. The zero-order chi connectivity index (χ0) is 9.84. The molecule has 13 heavy (non-hydrogen) atoms. The number of nitrogens with one attached hydrogen (secondary N) is 2. The second-order valence-corrected chi connectivity index (χ2v) is 2.55. The van der Waals surface area contributed by atoms with Crippen LogP contribution in [0.2, 0.25) is 0 Å². The van der Waals surface area contributed by atoms with Crippen LogP contribution in [0.25, 0.3) is 0 Å². The van der Waals surface area contributed by atoms with Crippen molar-refractivity contribution in [2.75, 3.05) is 11.9 Å². The van der Waals surface area contributed by atoms with Crippen LogP contribution in [0.3, 0.4) is 0 Å². The third-order valence-electron chi connectivity index (χ3n) is 1.57. The molecule has 1 aromatic heterocycles. The molecule has 0 amide bonds. The van der Waals surface area contributed by atoms with E-state index in [2.05, 4.69) is 22.1 Å². The van der Waals surface area contributed by atoms with Crippen LogP contribution in [0.4, 0.5) is 5.82 Å². The lowest BCUT2D eigenvalue weighted by molar-refractivity contribution is 0.0697. The van der Waals surface area contributed by atoms with Gasteiger partial charge in [-0.25, -0.2) is 4.79 Å². The SMILES string of the molecule is C=CCNc1n[nH]c(C)c1C(=O)O. The van der Waals surface area contributed by atoms with Crippen molar-refractivity contribution < 1.29 is 9.90 Å². The lowest BCUT2D eigenvalue weighted by Gasteiger charge is -1.99. The van der Waals surface area contributed by atoms with Gasteiger partial charge in [-0.1, -0.05) is 6.08 Å². The number of aryl methyl sites for hydroxylation is 1. The highest BCUT2D eigenvalue weighted by Crippen LogP contribution is 2.14. The van der Waals surface area contributed by atoms with E-state index in [9.17, 15) is 4.79 Å². The monoisotopic (exact) mass is 181 g/mol. The van der Waals surface area contributed by atoms with Crippen LogP contribution in [0.1, 0.15) is 16.1 Å². The van der Waals surface area contributed by atoms with Gasteiger partial charge in [0.25, 0.3) is 0 Å². The molecule has 0 aliphatic heterocycles. The van der Waals surface area contributed by atoms with Crippen LogP contribution in [-0.2, 0) is 0 Å². The molecule has 0 saturated carbocycles. The lowest BCUT2D eigenvalue weighted by Crippen LogP contribution is -2.05. The third kappa shape index (κ3) is 1.87. The smallest absolute Gasteiger partial charge is 0.341 e. The third-order valence-corrected chi connectivity index (χ3v) is 1.57. The minimum Gasteiger partial charge on any atom is -0.477 e. The summed E-state index contributed by atoms with van der Waals surface area (Å²) in [5.41, 5.74) is 0.723. The van der Waals surface area contributed by atoms with Crippen molar-refractivity contribution in [1.82, 2.24) is 10.2 Å². The molecule has 0 aliphatic rings. The van der Waals surface area contributed by atoms with Gasteiger partial charge in [-0.3, -0.25) is 5.10 Å². The first-order valence-corrected chi connectivity index (χ1v) is 3.79. The van der Waals surface area contributed by atoms with Gasteiger partial charge in [-0.2, -0.15) is 5.10 Å². The highest BCUT2D eigenvalue weighted by atomic mass is 16.4. The number of carbonyl (C=O) groups is 1. The summed E-state index contributed by atoms with van der Waals surface area (Å²) >= 11 is 0. The molecule has 0 aliphatic carbocycles. The van der Waals surface area contributed by atoms with Crippen LogP contribution < -0.4 is 5.32 Å². The molecule has 0 atom stereocenters. The fourth-order valence-electron chi connectivity index (χ4n) is 0.988. The number of anilines is 1. The van der Waals surface area contributed by atoms with Gasteiger partial charge >= 0.3 is 5.97 Å². The first-order chi connectivity index (χ1) is 6.16. The highest BCUT2D eigenvalue weighted by Gasteiger charge is 2.15. The average Bonchev–Trinajstić information content (AvgIpc) is 2.43. The maximum absolute atomic E-state index is 10.7. The summed E-state index contributed by atoms with van der Waals surface area (Å²) in [7, 11) is 0.